The summed E-state index contributed by atoms with van der Waals surface area (Å²) in [4.78, 5) is 8.65. The van der Waals surface area contributed by atoms with Crippen LogP contribution in [-0.4, -0.2) is 16.5 Å². The molecule has 6 heteroatoms. The van der Waals surface area contributed by atoms with Gasteiger partial charge in [-0.05, 0) is 54.8 Å². The number of rotatable bonds is 6. The molecule has 0 aliphatic carbocycles. The second-order valence-corrected chi connectivity index (χ2v) is 6.05. The second kappa shape index (κ2) is 7.94. The van der Waals surface area contributed by atoms with Gasteiger partial charge in [0.2, 0.25) is 5.95 Å². The van der Waals surface area contributed by atoms with Gasteiger partial charge in [0.1, 0.15) is 11.6 Å². The molecule has 128 valence electrons. The van der Waals surface area contributed by atoms with E-state index in [2.05, 4.69) is 20.6 Å². The van der Waals surface area contributed by atoms with Crippen molar-refractivity contribution in [1.82, 2.24) is 9.97 Å². The molecule has 0 spiro atoms. The van der Waals surface area contributed by atoms with Crippen molar-refractivity contribution in [3.63, 3.8) is 0 Å². The summed E-state index contributed by atoms with van der Waals surface area (Å²) < 4.78 is 13.6. The third-order valence-corrected chi connectivity index (χ3v) is 3.98. The lowest BCUT2D eigenvalue weighted by molar-refractivity contribution is 0.610. The molecule has 3 aromatic rings. The summed E-state index contributed by atoms with van der Waals surface area (Å²) in [5.74, 6) is 0.981. The molecule has 1 aromatic heterocycles. The Labute approximate surface area is 151 Å². The molecule has 2 N–H and O–H groups in total. The molecule has 0 aliphatic heterocycles. The Morgan fingerprint density at radius 1 is 1.12 bits per heavy atom. The lowest BCUT2D eigenvalue weighted by Gasteiger charge is -2.10. The lowest BCUT2D eigenvalue weighted by atomic mass is 10.1. The fourth-order valence-electron chi connectivity index (χ4n) is 2.43. The first kappa shape index (κ1) is 17.2. The Kier molecular flexibility index (Phi) is 5.46. The summed E-state index contributed by atoms with van der Waals surface area (Å²) in [5, 5.41) is 7.06. The molecule has 2 aromatic carbocycles. The number of halogens is 2. The molecule has 25 heavy (non-hydrogen) atoms. The number of hydrogen-bond donors (Lipinski definition) is 2. The number of hydrogen-bond acceptors (Lipinski definition) is 4. The molecule has 0 amide bonds. The first-order valence-electron chi connectivity index (χ1n) is 7.95. The highest BCUT2D eigenvalue weighted by Crippen LogP contribution is 2.22. The Hall–Kier alpha value is -2.66. The highest BCUT2D eigenvalue weighted by atomic mass is 35.5. The highest BCUT2D eigenvalue weighted by Gasteiger charge is 2.04. The first-order valence-corrected chi connectivity index (χ1v) is 8.33. The normalized spacial score (nSPS) is 10.5. The van der Waals surface area contributed by atoms with Crippen LogP contribution in [-0.2, 0) is 6.42 Å². The van der Waals surface area contributed by atoms with Crippen molar-refractivity contribution in [2.45, 2.75) is 13.3 Å². The predicted octanol–water partition coefficient (Wildman–Crippen LogP) is 4.98. The number of nitrogens with one attached hydrogen (secondary N) is 2. The van der Waals surface area contributed by atoms with Crippen LogP contribution in [0.15, 0.2) is 54.7 Å². The van der Waals surface area contributed by atoms with Crippen LogP contribution in [0.1, 0.15) is 11.1 Å². The van der Waals surface area contributed by atoms with Gasteiger partial charge in [-0.1, -0.05) is 29.8 Å². The fraction of sp³-hybridized carbons (Fsp3) is 0.158. The number of nitrogens with zero attached hydrogens (tertiary/aromatic N) is 2. The zero-order chi connectivity index (χ0) is 17.6. The Bertz CT molecular complexity index is 870. The van der Waals surface area contributed by atoms with Gasteiger partial charge in [0, 0.05) is 23.5 Å². The fourth-order valence-corrected chi connectivity index (χ4v) is 2.66. The van der Waals surface area contributed by atoms with Gasteiger partial charge in [-0.15, -0.1) is 0 Å². The zero-order valence-corrected chi connectivity index (χ0v) is 14.5. The molecule has 0 atom stereocenters. The zero-order valence-electron chi connectivity index (χ0n) is 13.8. The van der Waals surface area contributed by atoms with E-state index >= 15 is 0 Å². The Morgan fingerprint density at radius 3 is 2.76 bits per heavy atom. The minimum Gasteiger partial charge on any atom is -0.370 e. The van der Waals surface area contributed by atoms with Crippen molar-refractivity contribution in [2.75, 3.05) is 17.2 Å². The van der Waals surface area contributed by atoms with Crippen LogP contribution < -0.4 is 10.6 Å². The van der Waals surface area contributed by atoms with Crippen molar-refractivity contribution >= 4 is 29.1 Å². The summed E-state index contributed by atoms with van der Waals surface area (Å²) in [6.07, 6.45) is 2.25. The van der Waals surface area contributed by atoms with E-state index in [4.69, 9.17) is 11.6 Å². The maximum atomic E-state index is 13.6. The van der Waals surface area contributed by atoms with Crippen molar-refractivity contribution in [1.29, 1.82) is 0 Å². The molecular weight excluding hydrogens is 339 g/mol. The average molecular weight is 357 g/mol. The summed E-state index contributed by atoms with van der Waals surface area (Å²) in [5.41, 5.74) is 2.58. The molecule has 3 rings (SSSR count). The van der Waals surface area contributed by atoms with Crippen molar-refractivity contribution in [2.24, 2.45) is 0 Å². The van der Waals surface area contributed by atoms with Crippen molar-refractivity contribution in [3.8, 4) is 0 Å². The number of aromatic nitrogens is 2. The van der Waals surface area contributed by atoms with E-state index in [0.717, 1.165) is 11.3 Å². The van der Waals surface area contributed by atoms with Gasteiger partial charge in [0.25, 0.3) is 0 Å². The predicted molar refractivity (Wildman–Crippen MR) is 100 cm³/mol. The quantitative estimate of drug-likeness (QED) is 0.654. The molecule has 0 fully saturated rings. The van der Waals surface area contributed by atoms with Crippen molar-refractivity contribution < 1.29 is 4.39 Å². The third-order valence-electron chi connectivity index (χ3n) is 3.75. The molecule has 0 unspecified atom stereocenters. The minimum absolute atomic E-state index is 0.187. The number of benzene rings is 2. The molecule has 0 bridgehead atoms. The first-order chi connectivity index (χ1) is 12.1. The van der Waals surface area contributed by atoms with E-state index in [1.54, 1.807) is 24.4 Å². The Balaban J connectivity index is 1.62. The average Bonchev–Trinajstić information content (AvgIpc) is 2.60. The van der Waals surface area contributed by atoms with Crippen LogP contribution in [0.5, 0.6) is 0 Å². The summed E-state index contributed by atoms with van der Waals surface area (Å²) >= 11 is 5.97. The van der Waals surface area contributed by atoms with Gasteiger partial charge in [-0.3, -0.25) is 0 Å². The molecule has 0 saturated carbocycles. The third kappa shape index (κ3) is 4.67. The van der Waals surface area contributed by atoms with E-state index in [1.165, 1.54) is 6.07 Å². The van der Waals surface area contributed by atoms with Crippen LogP contribution in [0.4, 0.5) is 21.8 Å². The topological polar surface area (TPSA) is 49.8 Å². The SMILES string of the molecule is Cc1cc(Cl)ccc1Nc1nccc(NCCc2ccccc2F)n1. The molecule has 4 nitrogen and oxygen atoms in total. The highest BCUT2D eigenvalue weighted by molar-refractivity contribution is 6.30. The van der Waals surface area contributed by atoms with E-state index in [0.29, 0.717) is 35.3 Å². The van der Waals surface area contributed by atoms with E-state index in [1.807, 2.05) is 31.2 Å². The summed E-state index contributed by atoms with van der Waals surface area (Å²) in [6.45, 7) is 2.54. The molecule has 0 radical (unpaired) electrons. The molecular formula is C19H18ClFN4. The van der Waals surface area contributed by atoms with Gasteiger partial charge in [-0.25, -0.2) is 9.37 Å². The van der Waals surface area contributed by atoms with Gasteiger partial charge in [-0.2, -0.15) is 4.98 Å². The van der Waals surface area contributed by atoms with Gasteiger partial charge in [0.15, 0.2) is 0 Å². The minimum atomic E-state index is -0.187. The van der Waals surface area contributed by atoms with Gasteiger partial charge < -0.3 is 10.6 Å². The van der Waals surface area contributed by atoms with Gasteiger partial charge >= 0.3 is 0 Å². The van der Waals surface area contributed by atoms with E-state index in [9.17, 15) is 4.39 Å². The number of aryl methyl sites for hydroxylation is 1. The van der Waals surface area contributed by atoms with E-state index < -0.39 is 0 Å². The van der Waals surface area contributed by atoms with Crippen LogP contribution in [0.3, 0.4) is 0 Å². The van der Waals surface area contributed by atoms with Crippen molar-refractivity contribution in [3.05, 3.63) is 76.7 Å². The monoisotopic (exact) mass is 356 g/mol. The van der Waals surface area contributed by atoms with Gasteiger partial charge in [0.05, 0.1) is 0 Å². The van der Waals surface area contributed by atoms with Crippen LogP contribution >= 0.6 is 11.6 Å². The van der Waals surface area contributed by atoms with Crippen LogP contribution in [0, 0.1) is 12.7 Å². The second-order valence-electron chi connectivity index (χ2n) is 5.62. The smallest absolute Gasteiger partial charge is 0.229 e. The molecule has 0 saturated heterocycles. The molecule has 0 aliphatic rings. The molecule has 1 heterocycles. The lowest BCUT2D eigenvalue weighted by Crippen LogP contribution is -2.08. The van der Waals surface area contributed by atoms with Crippen LogP contribution in [0.25, 0.3) is 0 Å². The van der Waals surface area contributed by atoms with Crippen LogP contribution in [0.2, 0.25) is 5.02 Å². The van der Waals surface area contributed by atoms with E-state index in [-0.39, 0.29) is 5.82 Å². The number of anilines is 3. The summed E-state index contributed by atoms with van der Waals surface area (Å²) in [7, 11) is 0. The maximum Gasteiger partial charge on any atom is 0.229 e. The Morgan fingerprint density at radius 2 is 1.96 bits per heavy atom. The maximum absolute atomic E-state index is 13.6. The standard InChI is InChI=1S/C19H18ClFN4/c1-13-12-15(20)6-7-17(13)24-19-23-11-9-18(25-19)22-10-8-14-4-2-3-5-16(14)21/h2-7,9,11-12H,8,10H2,1H3,(H2,22,23,24,25). The summed E-state index contributed by atoms with van der Waals surface area (Å²) in [6, 6.07) is 14.1. The largest absolute Gasteiger partial charge is 0.370 e.